The van der Waals surface area contributed by atoms with Crippen molar-refractivity contribution < 1.29 is 4.79 Å². The maximum atomic E-state index is 12.7. The average Bonchev–Trinajstić information content (AvgIpc) is 3.02. The smallest absolute Gasteiger partial charge is 0.233 e. The van der Waals surface area contributed by atoms with Crippen LogP contribution in [0.3, 0.4) is 0 Å². The second-order valence-electron chi connectivity index (χ2n) is 6.42. The number of halogens is 1. The van der Waals surface area contributed by atoms with E-state index in [9.17, 15) is 4.79 Å². The lowest BCUT2D eigenvalue weighted by Crippen LogP contribution is -2.42. The topological polar surface area (TPSA) is 77.0 Å². The molecule has 1 amide bonds. The number of benzene rings is 1. The van der Waals surface area contributed by atoms with E-state index in [0.717, 1.165) is 29.4 Å². The maximum absolute atomic E-state index is 12.7. The molecule has 0 saturated heterocycles. The number of hydrogen-bond donors (Lipinski definition) is 1. The molecule has 0 spiro atoms. The van der Waals surface area contributed by atoms with E-state index in [0.29, 0.717) is 22.8 Å². The number of nitrogen functional groups attached to an aromatic ring is 1. The summed E-state index contributed by atoms with van der Waals surface area (Å²) < 4.78 is 2.36. The first kappa shape index (κ1) is 19.2. The summed E-state index contributed by atoms with van der Waals surface area (Å²) in [7, 11) is 0. The van der Waals surface area contributed by atoms with Gasteiger partial charge >= 0.3 is 0 Å². The Morgan fingerprint density at radius 2 is 2.04 bits per heavy atom. The van der Waals surface area contributed by atoms with Crippen molar-refractivity contribution in [2.45, 2.75) is 50.2 Å². The van der Waals surface area contributed by atoms with Crippen molar-refractivity contribution in [1.82, 2.24) is 19.8 Å². The molecule has 140 valence electrons. The van der Waals surface area contributed by atoms with Crippen molar-refractivity contribution >= 4 is 33.6 Å². The van der Waals surface area contributed by atoms with Crippen molar-refractivity contribution in [3.05, 3.63) is 28.7 Å². The number of aromatic nitrogens is 3. The Bertz CT molecular complexity index is 760. The number of carbonyl (C=O) groups is 1. The fourth-order valence-corrected chi connectivity index (χ4v) is 4.65. The van der Waals surface area contributed by atoms with E-state index in [-0.39, 0.29) is 5.91 Å². The summed E-state index contributed by atoms with van der Waals surface area (Å²) >= 11 is 4.85. The Morgan fingerprint density at radius 3 is 2.73 bits per heavy atom. The third kappa shape index (κ3) is 4.23. The van der Waals surface area contributed by atoms with Gasteiger partial charge in [-0.2, -0.15) is 0 Å². The predicted octanol–water partition coefficient (Wildman–Crippen LogP) is 3.69. The first-order valence-electron chi connectivity index (χ1n) is 8.99. The predicted molar refractivity (Wildman–Crippen MR) is 108 cm³/mol. The Morgan fingerprint density at radius 1 is 1.31 bits per heavy atom. The summed E-state index contributed by atoms with van der Waals surface area (Å²) in [5, 5.41) is 8.90. The molecule has 26 heavy (non-hydrogen) atoms. The van der Waals surface area contributed by atoms with Crippen molar-refractivity contribution in [3.8, 4) is 11.4 Å². The maximum Gasteiger partial charge on any atom is 0.233 e. The van der Waals surface area contributed by atoms with Crippen molar-refractivity contribution in [2.75, 3.05) is 18.1 Å². The minimum Gasteiger partial charge on any atom is -0.339 e. The zero-order valence-corrected chi connectivity index (χ0v) is 17.3. The van der Waals surface area contributed by atoms with Crippen LogP contribution in [0.15, 0.2) is 33.9 Å². The minimum absolute atomic E-state index is 0.148. The SMILES string of the molecule is CCN(C(=O)CSc1nnc(-c2ccccc2Br)n1N)C1CCCCC1. The molecule has 6 nitrogen and oxygen atoms in total. The van der Waals surface area contributed by atoms with Gasteiger partial charge in [0.15, 0.2) is 5.82 Å². The van der Waals surface area contributed by atoms with E-state index in [1.807, 2.05) is 36.1 Å². The van der Waals surface area contributed by atoms with Gasteiger partial charge in [0.1, 0.15) is 0 Å². The molecule has 0 unspecified atom stereocenters. The van der Waals surface area contributed by atoms with Crippen LogP contribution in [0.1, 0.15) is 39.0 Å². The number of amides is 1. The van der Waals surface area contributed by atoms with Crippen LogP contribution in [0.4, 0.5) is 0 Å². The second-order valence-corrected chi connectivity index (χ2v) is 8.21. The third-order valence-corrected chi connectivity index (χ3v) is 6.40. The molecule has 1 aliphatic carbocycles. The number of thioether (sulfide) groups is 1. The standard InChI is InChI=1S/C18H24BrN5OS/c1-2-23(13-8-4-3-5-9-13)16(25)12-26-18-22-21-17(24(18)20)14-10-6-7-11-15(14)19/h6-7,10-11,13H,2-5,8-9,12,20H2,1H3. The van der Waals surface area contributed by atoms with Crippen molar-refractivity contribution in [3.63, 3.8) is 0 Å². The average molecular weight is 438 g/mol. The van der Waals surface area contributed by atoms with E-state index in [1.165, 1.54) is 35.7 Å². The van der Waals surface area contributed by atoms with Gasteiger partial charge in [-0.05, 0) is 31.9 Å². The Balaban J connectivity index is 1.66. The first-order valence-corrected chi connectivity index (χ1v) is 10.8. The van der Waals surface area contributed by atoms with Crippen LogP contribution in [0, 0.1) is 0 Å². The molecular formula is C18H24BrN5OS. The molecule has 1 heterocycles. The number of hydrogen-bond acceptors (Lipinski definition) is 5. The number of rotatable bonds is 6. The summed E-state index contributed by atoms with van der Waals surface area (Å²) in [6.45, 7) is 2.80. The molecular weight excluding hydrogens is 414 g/mol. The van der Waals surface area contributed by atoms with Gasteiger partial charge in [-0.15, -0.1) is 10.2 Å². The van der Waals surface area contributed by atoms with Gasteiger partial charge in [0.25, 0.3) is 0 Å². The number of nitrogens with zero attached hydrogens (tertiary/aromatic N) is 4. The molecule has 0 bridgehead atoms. The van der Waals surface area contributed by atoms with Crippen LogP contribution in [-0.4, -0.2) is 44.0 Å². The van der Waals surface area contributed by atoms with Gasteiger partial charge in [-0.1, -0.05) is 59.1 Å². The molecule has 1 aliphatic rings. The minimum atomic E-state index is 0.148. The van der Waals surface area contributed by atoms with E-state index in [4.69, 9.17) is 5.84 Å². The zero-order valence-electron chi connectivity index (χ0n) is 14.9. The fourth-order valence-electron chi connectivity index (χ4n) is 3.44. The number of carbonyl (C=O) groups excluding carboxylic acids is 1. The normalized spacial score (nSPS) is 15.2. The molecule has 3 rings (SSSR count). The molecule has 0 atom stereocenters. The van der Waals surface area contributed by atoms with Gasteiger partial charge < -0.3 is 10.7 Å². The van der Waals surface area contributed by atoms with Gasteiger partial charge in [0.2, 0.25) is 11.1 Å². The molecule has 0 aliphatic heterocycles. The van der Waals surface area contributed by atoms with Crippen LogP contribution in [0.5, 0.6) is 0 Å². The van der Waals surface area contributed by atoms with Crippen LogP contribution >= 0.6 is 27.7 Å². The third-order valence-electron chi connectivity index (χ3n) is 4.78. The highest BCUT2D eigenvalue weighted by molar-refractivity contribution is 9.10. The lowest BCUT2D eigenvalue weighted by Gasteiger charge is -2.33. The summed E-state index contributed by atoms with van der Waals surface area (Å²) in [5.74, 6) is 7.22. The summed E-state index contributed by atoms with van der Waals surface area (Å²) in [5.41, 5.74) is 0.873. The van der Waals surface area contributed by atoms with Crippen LogP contribution in [0.2, 0.25) is 0 Å². The van der Waals surface area contributed by atoms with Crippen molar-refractivity contribution in [1.29, 1.82) is 0 Å². The molecule has 1 aromatic heterocycles. The Hall–Kier alpha value is -1.54. The largest absolute Gasteiger partial charge is 0.339 e. The van der Waals surface area contributed by atoms with Crippen LogP contribution in [-0.2, 0) is 4.79 Å². The van der Waals surface area contributed by atoms with Gasteiger partial charge in [0.05, 0.1) is 5.75 Å². The van der Waals surface area contributed by atoms with Gasteiger partial charge in [0, 0.05) is 22.6 Å². The fraction of sp³-hybridized carbons (Fsp3) is 0.500. The molecule has 2 aromatic rings. The van der Waals surface area contributed by atoms with Gasteiger partial charge in [-0.25, -0.2) is 4.68 Å². The van der Waals surface area contributed by atoms with E-state index >= 15 is 0 Å². The van der Waals surface area contributed by atoms with E-state index < -0.39 is 0 Å². The summed E-state index contributed by atoms with van der Waals surface area (Å²) in [6.07, 6.45) is 5.94. The Kier molecular flexibility index (Phi) is 6.58. The molecule has 1 saturated carbocycles. The molecule has 0 radical (unpaired) electrons. The first-order chi connectivity index (χ1) is 12.6. The molecule has 1 fully saturated rings. The highest BCUT2D eigenvalue weighted by Crippen LogP contribution is 2.28. The Labute approximate surface area is 166 Å². The van der Waals surface area contributed by atoms with E-state index in [1.54, 1.807) is 0 Å². The quantitative estimate of drug-likeness (QED) is 0.550. The lowest BCUT2D eigenvalue weighted by molar-refractivity contribution is -0.131. The van der Waals surface area contributed by atoms with Crippen molar-refractivity contribution in [2.24, 2.45) is 0 Å². The highest BCUT2D eigenvalue weighted by atomic mass is 79.9. The molecule has 2 N–H and O–H groups in total. The summed E-state index contributed by atoms with van der Waals surface area (Å²) in [4.78, 5) is 14.7. The van der Waals surface area contributed by atoms with E-state index in [2.05, 4.69) is 26.1 Å². The molecule has 1 aromatic carbocycles. The van der Waals surface area contributed by atoms with Crippen LogP contribution in [0.25, 0.3) is 11.4 Å². The van der Waals surface area contributed by atoms with Gasteiger partial charge in [-0.3, -0.25) is 4.79 Å². The second kappa shape index (κ2) is 8.90. The van der Waals surface area contributed by atoms with Crippen LogP contribution < -0.4 is 5.84 Å². The number of nitrogens with two attached hydrogens (primary N) is 1. The summed E-state index contributed by atoms with van der Waals surface area (Å²) in [6, 6.07) is 8.11. The molecule has 8 heteroatoms. The highest BCUT2D eigenvalue weighted by Gasteiger charge is 2.24. The zero-order chi connectivity index (χ0) is 18.5. The lowest BCUT2D eigenvalue weighted by atomic mass is 9.94. The monoisotopic (exact) mass is 437 g/mol.